The van der Waals surface area contributed by atoms with Gasteiger partial charge < -0.3 is 9.64 Å². The van der Waals surface area contributed by atoms with Crippen LogP contribution in [-0.2, 0) is 4.74 Å². The Morgan fingerprint density at radius 3 is 2.50 bits per heavy atom. The molecule has 0 heterocycles. The Kier molecular flexibility index (Phi) is 9.43. The van der Waals surface area contributed by atoms with Crippen LogP contribution in [0.15, 0.2) is 34.9 Å². The zero-order valence-electron chi connectivity index (χ0n) is 13.6. The van der Waals surface area contributed by atoms with Gasteiger partial charge in [-0.25, -0.2) is 4.99 Å². The van der Waals surface area contributed by atoms with Gasteiger partial charge in [0.25, 0.3) is 0 Å². The molecule has 0 aliphatic heterocycles. The fraction of sp³-hybridized carbons (Fsp3) is 0.625. The number of nitrogens with zero attached hydrogens (tertiary/aromatic N) is 3. The summed E-state index contributed by atoms with van der Waals surface area (Å²) in [6, 6.07) is 0.764. The van der Waals surface area contributed by atoms with Gasteiger partial charge in [0, 0.05) is 25.2 Å². The first kappa shape index (κ1) is 18.4. The van der Waals surface area contributed by atoms with Crippen LogP contribution in [0.3, 0.4) is 0 Å². The fourth-order valence-electron chi connectivity index (χ4n) is 1.74. The summed E-state index contributed by atoms with van der Waals surface area (Å²) in [6.07, 6.45) is 6.08. The van der Waals surface area contributed by atoms with E-state index in [-0.39, 0.29) is 0 Å². The molecule has 0 aromatic rings. The van der Waals surface area contributed by atoms with Crippen LogP contribution >= 0.6 is 0 Å². The van der Waals surface area contributed by atoms with Gasteiger partial charge in [0.1, 0.15) is 5.84 Å². The molecule has 0 N–H and O–H groups in total. The highest BCUT2D eigenvalue weighted by Crippen LogP contribution is 2.10. The van der Waals surface area contributed by atoms with Crippen LogP contribution < -0.4 is 0 Å². The zero-order chi connectivity index (χ0) is 15.5. The first-order valence-corrected chi connectivity index (χ1v) is 7.15. The minimum Gasteiger partial charge on any atom is -0.467 e. The molecule has 1 unspecified atom stereocenters. The second-order valence-electron chi connectivity index (χ2n) is 4.96. The van der Waals surface area contributed by atoms with Crippen molar-refractivity contribution in [3.63, 3.8) is 0 Å². The Hall–Kier alpha value is -1.58. The number of hydrogen-bond donors (Lipinski definition) is 0. The molecule has 0 amide bonds. The van der Waals surface area contributed by atoms with Crippen LogP contribution in [0.5, 0.6) is 0 Å². The van der Waals surface area contributed by atoms with Gasteiger partial charge in [0.2, 0.25) is 0 Å². The summed E-state index contributed by atoms with van der Waals surface area (Å²) in [5, 5.41) is 0. The summed E-state index contributed by atoms with van der Waals surface area (Å²) < 4.78 is 5.19. The molecule has 0 fully saturated rings. The molecule has 0 aliphatic carbocycles. The number of rotatable bonds is 7. The van der Waals surface area contributed by atoms with E-state index in [0.717, 1.165) is 12.3 Å². The monoisotopic (exact) mass is 279 g/mol. The first-order valence-electron chi connectivity index (χ1n) is 7.15. The minimum atomic E-state index is 0.337. The SMILES string of the molecule is C=CCC(=NC(=NC(=C)C)OC)N(C)C(C)CCCC. The van der Waals surface area contributed by atoms with Crippen LogP contribution in [0.2, 0.25) is 0 Å². The normalized spacial score (nSPS) is 13.8. The highest BCUT2D eigenvalue weighted by molar-refractivity contribution is 5.94. The summed E-state index contributed by atoms with van der Waals surface area (Å²) in [5.74, 6) is 0.908. The lowest BCUT2D eigenvalue weighted by molar-refractivity contribution is 0.354. The van der Waals surface area contributed by atoms with Gasteiger partial charge in [0.15, 0.2) is 0 Å². The Morgan fingerprint density at radius 2 is 2.05 bits per heavy atom. The average molecular weight is 279 g/mol. The fourth-order valence-corrected chi connectivity index (χ4v) is 1.74. The minimum absolute atomic E-state index is 0.337. The van der Waals surface area contributed by atoms with Crippen LogP contribution in [0.25, 0.3) is 0 Å². The lowest BCUT2D eigenvalue weighted by Crippen LogP contribution is -2.35. The van der Waals surface area contributed by atoms with Crippen LogP contribution in [0, 0.1) is 0 Å². The molecular formula is C16H29N3O. The van der Waals surface area contributed by atoms with E-state index in [1.165, 1.54) is 12.8 Å². The van der Waals surface area contributed by atoms with Gasteiger partial charge in [-0.15, -0.1) is 6.58 Å². The first-order chi connectivity index (χ1) is 9.46. The van der Waals surface area contributed by atoms with Gasteiger partial charge in [-0.05, 0) is 20.3 Å². The molecule has 0 radical (unpaired) electrons. The highest BCUT2D eigenvalue weighted by atomic mass is 16.5. The lowest BCUT2D eigenvalue weighted by atomic mass is 10.1. The largest absolute Gasteiger partial charge is 0.467 e. The maximum Gasteiger partial charge on any atom is 0.317 e. The van der Waals surface area contributed by atoms with Crippen molar-refractivity contribution in [2.45, 2.75) is 52.5 Å². The van der Waals surface area contributed by atoms with Crippen molar-refractivity contribution in [3.8, 4) is 0 Å². The van der Waals surface area contributed by atoms with E-state index in [1.807, 2.05) is 13.0 Å². The number of allylic oxidation sites excluding steroid dienone is 1. The number of ether oxygens (including phenoxy) is 1. The van der Waals surface area contributed by atoms with E-state index in [1.54, 1.807) is 7.11 Å². The lowest BCUT2D eigenvalue weighted by Gasteiger charge is -2.27. The molecular weight excluding hydrogens is 250 g/mol. The predicted octanol–water partition coefficient (Wildman–Crippen LogP) is 4.01. The highest BCUT2D eigenvalue weighted by Gasteiger charge is 2.13. The van der Waals surface area contributed by atoms with E-state index in [4.69, 9.17) is 4.74 Å². The average Bonchev–Trinajstić information content (AvgIpc) is 2.41. The molecule has 20 heavy (non-hydrogen) atoms. The number of methoxy groups -OCH3 is 1. The summed E-state index contributed by atoms with van der Waals surface area (Å²) in [5.41, 5.74) is 0.672. The van der Waals surface area contributed by atoms with Gasteiger partial charge in [0.05, 0.1) is 7.11 Å². The molecule has 0 bridgehead atoms. The van der Waals surface area contributed by atoms with Gasteiger partial charge >= 0.3 is 6.02 Å². The summed E-state index contributed by atoms with van der Waals surface area (Å²) in [4.78, 5) is 10.8. The second-order valence-corrected chi connectivity index (χ2v) is 4.96. The third-order valence-corrected chi connectivity index (χ3v) is 3.06. The molecule has 4 nitrogen and oxygen atoms in total. The summed E-state index contributed by atoms with van der Waals surface area (Å²) in [6.45, 7) is 13.8. The van der Waals surface area contributed by atoms with Crippen molar-refractivity contribution in [2.24, 2.45) is 9.98 Å². The molecule has 0 spiro atoms. The number of unbranched alkanes of at least 4 members (excludes halogenated alkanes) is 1. The topological polar surface area (TPSA) is 37.2 Å². The van der Waals surface area contributed by atoms with E-state index in [0.29, 0.717) is 24.2 Å². The van der Waals surface area contributed by atoms with Crippen molar-refractivity contribution in [1.82, 2.24) is 4.90 Å². The summed E-state index contributed by atoms with van der Waals surface area (Å²) in [7, 11) is 3.62. The van der Waals surface area contributed by atoms with Crippen molar-refractivity contribution in [1.29, 1.82) is 0 Å². The zero-order valence-corrected chi connectivity index (χ0v) is 13.6. The van der Waals surface area contributed by atoms with Gasteiger partial charge in [-0.1, -0.05) is 32.4 Å². The van der Waals surface area contributed by atoms with Gasteiger partial charge in [-0.2, -0.15) is 4.99 Å². The van der Waals surface area contributed by atoms with E-state index in [9.17, 15) is 0 Å². The number of hydrogen-bond acceptors (Lipinski definition) is 2. The van der Waals surface area contributed by atoms with Crippen molar-refractivity contribution in [2.75, 3.05) is 14.2 Å². The van der Waals surface area contributed by atoms with Crippen LogP contribution in [0.4, 0.5) is 0 Å². The second kappa shape index (κ2) is 10.2. The Balaban J connectivity index is 5.09. The van der Waals surface area contributed by atoms with Crippen LogP contribution in [-0.4, -0.2) is 37.0 Å². The molecule has 4 heteroatoms. The standard InChI is InChI=1S/C16H29N3O/c1-8-10-12-14(5)19(6)15(11-9-2)18-16(20-7)17-13(3)4/h9,14H,2-3,8,10-12H2,1,4-7H3. The predicted molar refractivity (Wildman–Crippen MR) is 88.3 cm³/mol. The van der Waals surface area contributed by atoms with Crippen molar-refractivity contribution >= 4 is 11.9 Å². The quantitative estimate of drug-likeness (QED) is 0.401. The molecule has 0 aromatic heterocycles. The molecule has 0 rings (SSSR count). The molecule has 0 aliphatic rings. The molecule has 114 valence electrons. The Labute approximate surface area is 123 Å². The van der Waals surface area contributed by atoms with E-state index < -0.39 is 0 Å². The molecule has 0 aromatic carbocycles. The van der Waals surface area contributed by atoms with Crippen molar-refractivity contribution in [3.05, 3.63) is 24.9 Å². The molecule has 0 saturated carbocycles. The van der Waals surface area contributed by atoms with Crippen LogP contribution in [0.1, 0.15) is 46.5 Å². The molecule has 1 atom stereocenters. The van der Waals surface area contributed by atoms with Gasteiger partial charge in [-0.3, -0.25) is 0 Å². The maximum absolute atomic E-state index is 5.19. The third kappa shape index (κ3) is 7.12. The number of amidine groups is 2. The molecule has 0 saturated heterocycles. The summed E-state index contributed by atoms with van der Waals surface area (Å²) >= 11 is 0. The van der Waals surface area contributed by atoms with E-state index in [2.05, 4.69) is 48.9 Å². The van der Waals surface area contributed by atoms with Crippen molar-refractivity contribution < 1.29 is 4.74 Å². The van der Waals surface area contributed by atoms with E-state index >= 15 is 0 Å². The number of aliphatic imine (C=N–C) groups is 2. The maximum atomic E-state index is 5.19. The smallest absolute Gasteiger partial charge is 0.317 e. The Bertz CT molecular complexity index is 372. The third-order valence-electron chi connectivity index (χ3n) is 3.06. The Morgan fingerprint density at radius 1 is 1.40 bits per heavy atom.